The molecule has 120 valence electrons. The molecule has 1 aliphatic carbocycles. The Hall–Kier alpha value is -2.63. The molecule has 1 aliphatic rings. The highest BCUT2D eigenvalue weighted by Crippen LogP contribution is 2.33. The van der Waals surface area contributed by atoms with E-state index in [0.29, 0.717) is 5.82 Å². The molecular formula is C17H21N5O. The Balaban J connectivity index is 1.90. The van der Waals surface area contributed by atoms with E-state index in [9.17, 15) is 4.79 Å². The number of hydrogen-bond donors (Lipinski definition) is 2. The van der Waals surface area contributed by atoms with Gasteiger partial charge in [-0.3, -0.25) is 4.79 Å². The molecule has 2 N–H and O–H groups in total. The summed E-state index contributed by atoms with van der Waals surface area (Å²) >= 11 is 0. The van der Waals surface area contributed by atoms with E-state index >= 15 is 0 Å². The maximum absolute atomic E-state index is 11.7. The fourth-order valence-corrected chi connectivity index (χ4v) is 3.01. The normalized spacial score (nSPS) is 14.5. The van der Waals surface area contributed by atoms with Crippen molar-refractivity contribution in [3.8, 4) is 0 Å². The number of hydrogen-bond acceptors (Lipinski definition) is 5. The molecule has 6 heteroatoms. The summed E-state index contributed by atoms with van der Waals surface area (Å²) in [5.74, 6) is 1.39. The second kappa shape index (κ2) is 7.09. The Morgan fingerprint density at radius 1 is 1.22 bits per heavy atom. The van der Waals surface area contributed by atoms with Crippen molar-refractivity contribution in [3.63, 3.8) is 0 Å². The molecule has 0 aromatic carbocycles. The number of carbonyl (C=O) groups excluding carboxylic acids is 1. The zero-order valence-electron chi connectivity index (χ0n) is 13.2. The topological polar surface area (TPSA) is 70.2 Å². The molecule has 0 unspecified atom stereocenters. The first-order chi connectivity index (χ1) is 11.3. The van der Waals surface area contributed by atoms with Crippen LogP contribution in [-0.2, 0) is 4.79 Å². The van der Waals surface area contributed by atoms with Crippen molar-refractivity contribution in [3.05, 3.63) is 36.7 Å². The van der Waals surface area contributed by atoms with Crippen LogP contribution < -0.4 is 15.5 Å². The summed E-state index contributed by atoms with van der Waals surface area (Å²) in [5, 5.41) is 6.29. The number of nitrogens with one attached hydrogen (secondary N) is 2. The second-order valence-electron chi connectivity index (χ2n) is 5.63. The van der Waals surface area contributed by atoms with Crippen molar-refractivity contribution in [2.24, 2.45) is 0 Å². The maximum atomic E-state index is 11.7. The lowest BCUT2D eigenvalue weighted by molar-refractivity contribution is -0.107. The van der Waals surface area contributed by atoms with E-state index in [0.717, 1.165) is 36.4 Å². The van der Waals surface area contributed by atoms with Crippen LogP contribution in [0.5, 0.6) is 0 Å². The van der Waals surface area contributed by atoms with Gasteiger partial charge in [0.25, 0.3) is 0 Å². The molecule has 3 rings (SSSR count). The van der Waals surface area contributed by atoms with Gasteiger partial charge in [-0.25, -0.2) is 9.97 Å². The lowest BCUT2D eigenvalue weighted by Gasteiger charge is -2.27. The lowest BCUT2D eigenvalue weighted by Crippen LogP contribution is -2.32. The minimum atomic E-state index is 0.268. The summed E-state index contributed by atoms with van der Waals surface area (Å²) in [5.41, 5.74) is 1.69. The van der Waals surface area contributed by atoms with Gasteiger partial charge in [0.05, 0.1) is 17.6 Å². The van der Waals surface area contributed by atoms with Crippen LogP contribution >= 0.6 is 0 Å². The number of nitrogens with zero attached hydrogens (tertiary/aromatic N) is 3. The predicted octanol–water partition coefficient (Wildman–Crippen LogP) is 3.17. The van der Waals surface area contributed by atoms with Crippen LogP contribution in [0.1, 0.15) is 25.7 Å². The Bertz CT molecular complexity index is 655. The van der Waals surface area contributed by atoms with Crippen molar-refractivity contribution in [1.29, 1.82) is 0 Å². The quantitative estimate of drug-likeness (QED) is 0.802. The van der Waals surface area contributed by atoms with Crippen LogP contribution in [-0.4, -0.2) is 29.5 Å². The minimum Gasteiger partial charge on any atom is -0.385 e. The highest BCUT2D eigenvalue weighted by Gasteiger charge is 2.24. The first kappa shape index (κ1) is 15.3. The van der Waals surface area contributed by atoms with Crippen LogP contribution in [0.4, 0.5) is 23.0 Å². The number of carbonyl (C=O) groups is 1. The first-order valence-electron chi connectivity index (χ1n) is 7.91. The number of pyridine rings is 2. The second-order valence-corrected chi connectivity index (χ2v) is 5.63. The summed E-state index contributed by atoms with van der Waals surface area (Å²) < 4.78 is 0. The molecule has 0 atom stereocenters. The van der Waals surface area contributed by atoms with Crippen molar-refractivity contribution in [1.82, 2.24) is 9.97 Å². The molecule has 23 heavy (non-hydrogen) atoms. The van der Waals surface area contributed by atoms with Crippen molar-refractivity contribution < 1.29 is 4.79 Å². The van der Waals surface area contributed by atoms with Crippen molar-refractivity contribution >= 4 is 29.4 Å². The smallest absolute Gasteiger partial charge is 0.214 e. The third-order valence-corrected chi connectivity index (χ3v) is 4.18. The number of aromatic nitrogens is 2. The standard InChI is InChI=1S/C17H21N5O/c1-18-14-11-20-17(21-16-8-4-5-9-19-16)10-15(14)22(12-23)13-6-2-3-7-13/h4-5,8-13,18H,2-3,6-7H2,1H3,(H,19,20,21). The molecule has 2 aromatic rings. The van der Waals surface area contributed by atoms with Gasteiger partial charge in [0.15, 0.2) is 0 Å². The molecular weight excluding hydrogens is 290 g/mol. The van der Waals surface area contributed by atoms with E-state index in [1.54, 1.807) is 12.4 Å². The van der Waals surface area contributed by atoms with E-state index in [4.69, 9.17) is 0 Å². The summed E-state index contributed by atoms with van der Waals surface area (Å²) in [6.45, 7) is 0. The van der Waals surface area contributed by atoms with Crippen LogP contribution in [0.3, 0.4) is 0 Å². The molecule has 2 aromatic heterocycles. The minimum absolute atomic E-state index is 0.268. The number of amides is 1. The summed E-state index contributed by atoms with van der Waals surface area (Å²) in [7, 11) is 1.84. The average Bonchev–Trinajstić information content (AvgIpc) is 3.11. The van der Waals surface area contributed by atoms with Gasteiger partial charge in [-0.1, -0.05) is 18.9 Å². The third kappa shape index (κ3) is 3.41. The molecule has 1 saturated carbocycles. The van der Waals surface area contributed by atoms with Gasteiger partial charge >= 0.3 is 0 Å². The van der Waals surface area contributed by atoms with Gasteiger partial charge in [0.2, 0.25) is 6.41 Å². The maximum Gasteiger partial charge on any atom is 0.214 e. The van der Waals surface area contributed by atoms with Crippen molar-refractivity contribution in [2.75, 3.05) is 22.6 Å². The highest BCUT2D eigenvalue weighted by molar-refractivity contribution is 5.85. The molecule has 0 radical (unpaired) electrons. The SMILES string of the molecule is CNc1cnc(Nc2ccccn2)cc1N(C=O)C1CCCC1. The molecule has 0 spiro atoms. The van der Waals surface area contributed by atoms with Gasteiger partial charge in [0.1, 0.15) is 11.6 Å². The van der Waals surface area contributed by atoms with Crippen LogP contribution in [0.25, 0.3) is 0 Å². The van der Waals surface area contributed by atoms with E-state index in [-0.39, 0.29) is 6.04 Å². The monoisotopic (exact) mass is 311 g/mol. The number of anilines is 4. The molecule has 0 saturated heterocycles. The van der Waals surface area contributed by atoms with Gasteiger partial charge in [0, 0.05) is 25.4 Å². The van der Waals surface area contributed by atoms with Gasteiger partial charge in [-0.2, -0.15) is 0 Å². The zero-order valence-corrected chi connectivity index (χ0v) is 13.2. The van der Waals surface area contributed by atoms with Gasteiger partial charge in [-0.05, 0) is 25.0 Å². The molecule has 2 heterocycles. The van der Waals surface area contributed by atoms with Crippen LogP contribution in [0.2, 0.25) is 0 Å². The molecule has 1 amide bonds. The zero-order chi connectivity index (χ0) is 16.1. The van der Waals surface area contributed by atoms with E-state index in [2.05, 4.69) is 20.6 Å². The summed E-state index contributed by atoms with van der Waals surface area (Å²) in [6.07, 6.45) is 8.84. The van der Waals surface area contributed by atoms with E-state index in [1.165, 1.54) is 12.8 Å². The molecule has 0 bridgehead atoms. The average molecular weight is 311 g/mol. The lowest BCUT2D eigenvalue weighted by atomic mass is 10.2. The Kier molecular flexibility index (Phi) is 4.71. The molecule has 6 nitrogen and oxygen atoms in total. The number of rotatable bonds is 6. The van der Waals surface area contributed by atoms with Crippen LogP contribution in [0.15, 0.2) is 36.7 Å². The third-order valence-electron chi connectivity index (χ3n) is 4.18. The Labute approximate surface area is 135 Å². The highest BCUT2D eigenvalue weighted by atomic mass is 16.1. The molecule has 1 fully saturated rings. The largest absolute Gasteiger partial charge is 0.385 e. The van der Waals surface area contributed by atoms with Gasteiger partial charge in [-0.15, -0.1) is 0 Å². The Morgan fingerprint density at radius 3 is 2.70 bits per heavy atom. The summed E-state index contributed by atoms with van der Waals surface area (Å²) in [6, 6.07) is 7.82. The predicted molar refractivity (Wildman–Crippen MR) is 92.1 cm³/mol. The Morgan fingerprint density at radius 2 is 2.04 bits per heavy atom. The van der Waals surface area contributed by atoms with E-state index in [1.807, 2.05) is 36.2 Å². The fourth-order valence-electron chi connectivity index (χ4n) is 3.01. The fraction of sp³-hybridized carbons (Fsp3) is 0.353. The van der Waals surface area contributed by atoms with E-state index < -0.39 is 0 Å². The first-order valence-corrected chi connectivity index (χ1v) is 7.91. The van der Waals surface area contributed by atoms with Crippen molar-refractivity contribution in [2.45, 2.75) is 31.7 Å². The van der Waals surface area contributed by atoms with Crippen LogP contribution in [0, 0.1) is 0 Å². The summed E-state index contributed by atoms with van der Waals surface area (Å²) in [4.78, 5) is 22.1. The molecule has 0 aliphatic heterocycles. The van der Waals surface area contributed by atoms with Gasteiger partial charge < -0.3 is 15.5 Å².